The van der Waals surface area contributed by atoms with Gasteiger partial charge in [-0.1, -0.05) is 38.5 Å². The molecule has 0 aromatic heterocycles. The van der Waals surface area contributed by atoms with Crippen molar-refractivity contribution in [3.05, 3.63) is 30.3 Å². The van der Waals surface area contributed by atoms with Crippen molar-refractivity contribution in [1.82, 2.24) is 4.48 Å². The molecule has 2 unspecified atom stereocenters. The van der Waals surface area contributed by atoms with Gasteiger partial charge in [-0.15, -0.1) is 0 Å². The fourth-order valence-corrected chi connectivity index (χ4v) is 5.92. The Balaban J connectivity index is 1.66. The maximum atomic E-state index is 6.56. The van der Waals surface area contributed by atoms with Crippen molar-refractivity contribution in [1.29, 1.82) is 0 Å². The van der Waals surface area contributed by atoms with E-state index in [0.717, 1.165) is 10.4 Å². The van der Waals surface area contributed by atoms with Gasteiger partial charge in [-0.3, -0.25) is 4.48 Å². The van der Waals surface area contributed by atoms with Gasteiger partial charge in [-0.05, 0) is 52.7 Å². The number of quaternary nitrogens is 1. The van der Waals surface area contributed by atoms with Crippen LogP contribution in [0.4, 0.5) is 5.69 Å². The molecule has 4 heterocycles. The Kier molecular flexibility index (Phi) is 4.15. The molecule has 1 aromatic rings. The van der Waals surface area contributed by atoms with Crippen molar-refractivity contribution in [3.63, 3.8) is 0 Å². The summed E-state index contributed by atoms with van der Waals surface area (Å²) in [7, 11) is -0.0629. The molecule has 0 spiro atoms. The van der Waals surface area contributed by atoms with E-state index in [1.165, 1.54) is 38.0 Å². The van der Waals surface area contributed by atoms with Crippen molar-refractivity contribution in [3.8, 4) is 0 Å². The minimum absolute atomic E-state index is 0.0629. The van der Waals surface area contributed by atoms with E-state index >= 15 is 0 Å². The summed E-state index contributed by atoms with van der Waals surface area (Å²) >= 11 is 0. The van der Waals surface area contributed by atoms with Gasteiger partial charge in [-0.25, -0.2) is 0 Å². The number of para-hydroxylation sites is 1. The van der Waals surface area contributed by atoms with E-state index in [2.05, 4.69) is 71.9 Å². The molecule has 1 aromatic carbocycles. The summed E-state index contributed by atoms with van der Waals surface area (Å²) in [4.78, 5) is 0. The highest BCUT2D eigenvalue weighted by Gasteiger charge is 2.87. The maximum absolute atomic E-state index is 6.56. The first kappa shape index (κ1) is 18.5. The Hall–Kier alpha value is -0.835. The van der Waals surface area contributed by atoms with Crippen molar-refractivity contribution >= 4 is 12.8 Å². The van der Waals surface area contributed by atoms with Gasteiger partial charge in [0.05, 0.1) is 24.3 Å². The molecule has 4 heteroatoms. The fourth-order valence-electron chi connectivity index (χ4n) is 5.92. The number of hydrogen-bond donors (Lipinski definition) is 0. The molecule has 5 rings (SSSR count). The van der Waals surface area contributed by atoms with Crippen LogP contribution in [-0.2, 0) is 9.31 Å². The van der Waals surface area contributed by atoms with Gasteiger partial charge in [0, 0.05) is 5.92 Å². The summed E-state index contributed by atoms with van der Waals surface area (Å²) in [5.41, 5.74) is 0.999. The molecular weight excluding hydrogens is 321 g/mol. The topological polar surface area (TPSA) is 18.5 Å². The molecule has 0 saturated carbocycles. The van der Waals surface area contributed by atoms with Crippen LogP contribution in [0.25, 0.3) is 0 Å². The first-order valence-corrected chi connectivity index (χ1v) is 10.5. The third-order valence-electron chi connectivity index (χ3n) is 7.90. The molecule has 2 bridgehead atoms. The van der Waals surface area contributed by atoms with E-state index in [0.29, 0.717) is 6.04 Å². The first-order chi connectivity index (χ1) is 12.2. The molecule has 4 aliphatic rings. The van der Waals surface area contributed by atoms with Gasteiger partial charge in [0.1, 0.15) is 11.7 Å². The maximum Gasteiger partial charge on any atom is 0.482 e. The fraction of sp³-hybridized carbons (Fsp3) is 0.727. The number of hydrogen-bond acceptors (Lipinski definition) is 2. The lowest BCUT2D eigenvalue weighted by Crippen LogP contribution is -2.94. The summed E-state index contributed by atoms with van der Waals surface area (Å²) < 4.78 is 14.3. The molecule has 2 atom stereocenters. The SMILES string of the molecule is CCCC(CC)C1C2(B3OC(C)(C)C(C)(C)O3)C[N+]1(c1ccccc1)C2. The molecule has 26 heavy (non-hydrogen) atoms. The van der Waals surface area contributed by atoms with Crippen LogP contribution in [0.5, 0.6) is 0 Å². The Morgan fingerprint density at radius 2 is 1.62 bits per heavy atom. The highest BCUT2D eigenvalue weighted by Crippen LogP contribution is 2.71. The van der Waals surface area contributed by atoms with Gasteiger partial charge in [-0.2, -0.15) is 0 Å². The smallest absolute Gasteiger partial charge is 0.402 e. The highest BCUT2D eigenvalue weighted by atomic mass is 16.7. The first-order valence-electron chi connectivity index (χ1n) is 10.5. The van der Waals surface area contributed by atoms with Crippen molar-refractivity contribution in [2.24, 2.45) is 5.92 Å². The van der Waals surface area contributed by atoms with Crippen LogP contribution in [0.15, 0.2) is 30.3 Å². The summed E-state index contributed by atoms with van der Waals surface area (Å²) in [5.74, 6) is 0.738. The molecule has 0 N–H and O–H groups in total. The predicted molar refractivity (Wildman–Crippen MR) is 109 cm³/mol. The van der Waals surface area contributed by atoms with E-state index in [4.69, 9.17) is 9.31 Å². The van der Waals surface area contributed by atoms with E-state index in [1.807, 2.05) is 0 Å². The van der Waals surface area contributed by atoms with Gasteiger partial charge < -0.3 is 9.31 Å². The average Bonchev–Trinajstić information content (AvgIpc) is 2.74. The number of nitrogens with zero attached hydrogens (tertiary/aromatic N) is 1. The van der Waals surface area contributed by atoms with Crippen LogP contribution < -0.4 is 4.48 Å². The zero-order chi connectivity index (χ0) is 18.8. The Bertz CT molecular complexity index is 650. The largest absolute Gasteiger partial charge is 0.482 e. The molecule has 0 radical (unpaired) electrons. The number of benzene rings is 1. The molecule has 0 aliphatic carbocycles. The van der Waals surface area contributed by atoms with Crippen molar-refractivity contribution in [2.75, 3.05) is 13.1 Å². The summed E-state index contributed by atoms with van der Waals surface area (Å²) in [6.07, 6.45) is 3.80. The second-order valence-corrected chi connectivity index (χ2v) is 9.91. The van der Waals surface area contributed by atoms with E-state index in [1.54, 1.807) is 0 Å². The molecule has 3 nitrogen and oxygen atoms in total. The molecular formula is C22H35BNO2+. The molecule has 4 saturated heterocycles. The molecule has 0 amide bonds. The Morgan fingerprint density at radius 1 is 1.04 bits per heavy atom. The normalized spacial score (nSPS) is 37.8. The second kappa shape index (κ2) is 5.83. The molecule has 142 valence electrons. The minimum atomic E-state index is -0.239. The lowest BCUT2D eigenvalue weighted by Gasteiger charge is -2.76. The molecule has 4 aliphatic heterocycles. The highest BCUT2D eigenvalue weighted by molar-refractivity contribution is 6.52. The molecule has 4 fully saturated rings. The Labute approximate surface area is 159 Å². The summed E-state index contributed by atoms with van der Waals surface area (Å²) in [6, 6.07) is 11.8. The summed E-state index contributed by atoms with van der Waals surface area (Å²) in [5, 5.41) is 0.191. The van der Waals surface area contributed by atoms with Gasteiger partial charge in [0.2, 0.25) is 0 Å². The lowest BCUT2D eigenvalue weighted by atomic mass is 9.37. The number of rotatable bonds is 6. The van der Waals surface area contributed by atoms with E-state index in [-0.39, 0.29) is 23.6 Å². The van der Waals surface area contributed by atoms with E-state index < -0.39 is 0 Å². The van der Waals surface area contributed by atoms with Crippen LogP contribution in [-0.4, -0.2) is 37.5 Å². The van der Waals surface area contributed by atoms with Crippen molar-refractivity contribution < 1.29 is 9.31 Å². The minimum Gasteiger partial charge on any atom is -0.402 e. The monoisotopic (exact) mass is 356 g/mol. The van der Waals surface area contributed by atoms with Gasteiger partial charge >= 0.3 is 7.12 Å². The third kappa shape index (κ3) is 2.25. The van der Waals surface area contributed by atoms with Gasteiger partial charge in [0.25, 0.3) is 0 Å². The van der Waals surface area contributed by atoms with Crippen LogP contribution in [0, 0.1) is 5.92 Å². The standard InChI is InChI=1S/C22H35BNO2/c1-7-12-17(8-2)19-22(23-25-20(3,4)21(5,6)26-23)15-24(19,16-22)18-13-10-9-11-14-18/h9-11,13-14,17,19H,7-8,12,15-16H2,1-6H3/q+1. The van der Waals surface area contributed by atoms with Gasteiger partial charge in [0.15, 0.2) is 5.31 Å². The zero-order valence-electron chi connectivity index (χ0n) is 17.4. The van der Waals surface area contributed by atoms with Crippen LogP contribution in [0.2, 0.25) is 5.31 Å². The van der Waals surface area contributed by atoms with Crippen LogP contribution >= 0.6 is 0 Å². The van der Waals surface area contributed by atoms with E-state index in [9.17, 15) is 0 Å². The predicted octanol–water partition coefficient (Wildman–Crippen LogP) is 5.05. The Morgan fingerprint density at radius 3 is 2.12 bits per heavy atom. The lowest BCUT2D eigenvalue weighted by molar-refractivity contribution is -0.142. The quantitative estimate of drug-likeness (QED) is 0.525. The second-order valence-electron chi connectivity index (χ2n) is 9.91. The van der Waals surface area contributed by atoms with Crippen LogP contribution in [0.1, 0.15) is 60.8 Å². The van der Waals surface area contributed by atoms with Crippen molar-refractivity contribution in [2.45, 2.75) is 83.4 Å². The van der Waals surface area contributed by atoms with Crippen LogP contribution in [0.3, 0.4) is 0 Å². The third-order valence-corrected chi connectivity index (χ3v) is 7.90. The zero-order valence-corrected chi connectivity index (χ0v) is 17.4. The average molecular weight is 356 g/mol. The summed E-state index contributed by atoms with van der Waals surface area (Å²) in [6.45, 7) is 15.7.